The second kappa shape index (κ2) is 70.3. The van der Waals surface area contributed by atoms with Crippen molar-refractivity contribution in [1.82, 2.24) is 0 Å². The number of carbonyl (C=O) groups is 2. The summed E-state index contributed by atoms with van der Waals surface area (Å²) in [5.74, 6) is -0.797. The molecule has 0 aliphatic carbocycles. The maximum Gasteiger partial charge on any atom is 0.472 e. The average Bonchev–Trinajstić information content (AvgIpc) is 3.58. The number of nitrogens with zero attached hydrogens (tertiary/aromatic N) is 1. The number of likely N-dealkylation sites (N-methyl/N-ethyl adjacent to an activating group) is 1. The van der Waals surface area contributed by atoms with E-state index in [1.807, 2.05) is 21.1 Å². The summed E-state index contributed by atoms with van der Waals surface area (Å²) in [5.41, 5.74) is 0. The number of ether oxygens (including phenoxy) is 2. The minimum Gasteiger partial charge on any atom is -0.462 e. The molecular formula is C80H145NO8P+. The van der Waals surface area contributed by atoms with Crippen molar-refractivity contribution >= 4 is 19.8 Å². The molecule has 0 spiro atoms. The monoisotopic (exact) mass is 1280 g/mol. The van der Waals surface area contributed by atoms with Gasteiger partial charge in [-0.3, -0.25) is 18.6 Å². The van der Waals surface area contributed by atoms with Gasteiger partial charge in [0.05, 0.1) is 27.7 Å². The Bertz CT molecular complexity index is 1840. The average molecular weight is 1280 g/mol. The standard InChI is InChI=1S/C80H144NO8P/c1-6-8-10-12-14-16-18-20-22-24-26-28-30-32-34-36-38-40-42-44-46-48-50-52-54-56-58-60-62-64-66-68-70-72-79(82)86-76-78(77-88-90(84,85)87-75-74-81(3,4)5)89-80(83)73-71-69-67-65-63-61-59-57-55-53-51-49-47-45-43-41-39-37-35-33-31-29-27-25-23-21-19-17-15-13-11-9-7-2/h9,11,15,17,21,23,27,29,33,35,39,41,45,47,51,53,78H,6-8,10,12-14,16,18-20,22,24-26,28,30-32,34,36-38,40,42-44,46,48-50,52,54-77H2,1-5H3/p+1/b11-9-,17-15-,23-21-,29-27-,35-33-,41-39-,47-45-,53-51-. The Balaban J connectivity index is 4.03. The molecule has 0 saturated heterocycles. The van der Waals surface area contributed by atoms with Crippen molar-refractivity contribution in [3.05, 3.63) is 97.2 Å². The summed E-state index contributed by atoms with van der Waals surface area (Å²) in [4.78, 5) is 35.9. The van der Waals surface area contributed by atoms with E-state index in [9.17, 15) is 19.0 Å². The fraction of sp³-hybridized carbons (Fsp3) is 0.775. The lowest BCUT2D eigenvalue weighted by molar-refractivity contribution is -0.870. The fourth-order valence-corrected chi connectivity index (χ4v) is 11.6. The van der Waals surface area contributed by atoms with E-state index in [1.165, 1.54) is 218 Å². The highest BCUT2D eigenvalue weighted by Crippen LogP contribution is 2.43. The van der Waals surface area contributed by atoms with E-state index in [0.29, 0.717) is 17.4 Å². The number of phosphoric acid groups is 1. The SMILES string of the molecule is CC/C=C\C/C=C\C/C=C\C/C=C\C/C=C\C/C=C\C/C=C\C/C=C\CCCCCCCCCCC(=O)OC(COC(=O)CCCCCCCCCCCCCCCCCCCCCCCCCCCCCCCCCCC)COP(=O)(O)OCC[N+](C)(C)C. The molecule has 0 rings (SSSR count). The van der Waals surface area contributed by atoms with Crippen LogP contribution in [0.4, 0.5) is 0 Å². The number of hydrogen-bond acceptors (Lipinski definition) is 7. The zero-order valence-electron chi connectivity index (χ0n) is 59.6. The van der Waals surface area contributed by atoms with Gasteiger partial charge in [0.1, 0.15) is 19.8 Å². The van der Waals surface area contributed by atoms with E-state index in [-0.39, 0.29) is 32.0 Å². The highest BCUT2D eigenvalue weighted by atomic mass is 31.2. The van der Waals surface area contributed by atoms with Gasteiger partial charge in [0, 0.05) is 12.8 Å². The van der Waals surface area contributed by atoms with Crippen LogP contribution >= 0.6 is 7.82 Å². The molecule has 10 heteroatoms. The molecule has 0 amide bonds. The molecule has 0 saturated carbocycles. The van der Waals surface area contributed by atoms with Gasteiger partial charge in [-0.25, -0.2) is 4.57 Å². The second-order valence-corrected chi connectivity index (χ2v) is 28.1. The maximum absolute atomic E-state index is 12.9. The van der Waals surface area contributed by atoms with Gasteiger partial charge < -0.3 is 18.9 Å². The van der Waals surface area contributed by atoms with Crippen LogP contribution in [0.3, 0.4) is 0 Å². The van der Waals surface area contributed by atoms with Crippen molar-refractivity contribution in [2.75, 3.05) is 47.5 Å². The molecule has 0 aromatic carbocycles. The molecule has 0 radical (unpaired) electrons. The number of esters is 2. The van der Waals surface area contributed by atoms with Gasteiger partial charge in [-0.1, -0.05) is 355 Å². The fourth-order valence-electron chi connectivity index (χ4n) is 10.9. The van der Waals surface area contributed by atoms with Crippen LogP contribution < -0.4 is 0 Å². The normalized spacial score (nSPS) is 13.6. The van der Waals surface area contributed by atoms with Crippen molar-refractivity contribution in [3.63, 3.8) is 0 Å². The Morgan fingerprint density at radius 1 is 0.356 bits per heavy atom. The third-order valence-corrected chi connectivity index (χ3v) is 17.6. The zero-order chi connectivity index (χ0) is 65.5. The summed E-state index contributed by atoms with van der Waals surface area (Å²) in [6.45, 7) is 4.35. The lowest BCUT2D eigenvalue weighted by Gasteiger charge is -2.24. The largest absolute Gasteiger partial charge is 0.472 e. The van der Waals surface area contributed by atoms with E-state index < -0.39 is 26.5 Å². The third kappa shape index (κ3) is 74.0. The molecule has 0 aliphatic rings. The third-order valence-electron chi connectivity index (χ3n) is 16.6. The van der Waals surface area contributed by atoms with Crippen molar-refractivity contribution in [2.45, 2.75) is 354 Å². The molecule has 0 aromatic heterocycles. The van der Waals surface area contributed by atoms with Crippen molar-refractivity contribution in [2.24, 2.45) is 0 Å². The smallest absolute Gasteiger partial charge is 0.462 e. The predicted octanol–water partition coefficient (Wildman–Crippen LogP) is 25.1. The molecule has 90 heavy (non-hydrogen) atoms. The molecule has 0 aliphatic heterocycles. The Labute approximate surface area is 557 Å². The molecule has 0 bridgehead atoms. The Morgan fingerprint density at radius 2 is 0.633 bits per heavy atom. The highest BCUT2D eigenvalue weighted by Gasteiger charge is 2.27. The quantitative estimate of drug-likeness (QED) is 0.0211. The van der Waals surface area contributed by atoms with Gasteiger partial charge in [-0.05, 0) is 77.0 Å². The zero-order valence-corrected chi connectivity index (χ0v) is 60.5. The number of allylic oxidation sites excluding steroid dienone is 16. The van der Waals surface area contributed by atoms with Gasteiger partial charge in [0.2, 0.25) is 0 Å². The van der Waals surface area contributed by atoms with Gasteiger partial charge in [0.25, 0.3) is 0 Å². The second-order valence-electron chi connectivity index (χ2n) is 26.7. The maximum atomic E-state index is 12.9. The summed E-state index contributed by atoms with van der Waals surface area (Å²) in [5, 5.41) is 0. The molecule has 0 heterocycles. The van der Waals surface area contributed by atoms with Crippen LogP contribution in [0.25, 0.3) is 0 Å². The van der Waals surface area contributed by atoms with Crippen LogP contribution in [-0.4, -0.2) is 74.9 Å². The van der Waals surface area contributed by atoms with E-state index in [0.717, 1.165) is 96.3 Å². The number of rotatable bonds is 70. The van der Waals surface area contributed by atoms with Gasteiger partial charge >= 0.3 is 19.8 Å². The molecule has 522 valence electrons. The van der Waals surface area contributed by atoms with E-state index >= 15 is 0 Å². The van der Waals surface area contributed by atoms with Gasteiger partial charge in [-0.2, -0.15) is 0 Å². The topological polar surface area (TPSA) is 108 Å². The summed E-state index contributed by atoms with van der Waals surface area (Å²) >= 11 is 0. The van der Waals surface area contributed by atoms with Crippen molar-refractivity contribution in [1.29, 1.82) is 0 Å². The highest BCUT2D eigenvalue weighted by molar-refractivity contribution is 7.47. The van der Waals surface area contributed by atoms with Crippen LogP contribution in [0.2, 0.25) is 0 Å². The molecule has 9 nitrogen and oxygen atoms in total. The van der Waals surface area contributed by atoms with E-state index in [1.54, 1.807) is 0 Å². The van der Waals surface area contributed by atoms with Crippen LogP contribution in [0.5, 0.6) is 0 Å². The van der Waals surface area contributed by atoms with Gasteiger partial charge in [-0.15, -0.1) is 0 Å². The Kier molecular flexibility index (Phi) is 67.9. The van der Waals surface area contributed by atoms with Gasteiger partial charge in [0.15, 0.2) is 6.10 Å². The first kappa shape index (κ1) is 86.9. The van der Waals surface area contributed by atoms with Crippen molar-refractivity contribution < 1.29 is 42.1 Å². The number of carbonyl (C=O) groups excluding carboxylic acids is 2. The molecule has 0 aromatic rings. The van der Waals surface area contributed by atoms with E-state index in [4.69, 9.17) is 18.5 Å². The summed E-state index contributed by atoms with van der Waals surface area (Å²) in [6.07, 6.45) is 98.2. The minimum absolute atomic E-state index is 0.0273. The molecular weight excluding hydrogens is 1130 g/mol. The van der Waals surface area contributed by atoms with Crippen LogP contribution in [0.1, 0.15) is 348 Å². The summed E-state index contributed by atoms with van der Waals surface area (Å²) in [7, 11) is 1.47. The lowest BCUT2D eigenvalue weighted by atomic mass is 10.0. The molecule has 1 N–H and O–H groups in total. The number of hydrogen-bond donors (Lipinski definition) is 1. The number of unbranched alkanes of at least 4 members (excludes halogenated alkanes) is 40. The van der Waals surface area contributed by atoms with E-state index in [2.05, 4.69) is 111 Å². The molecule has 2 unspecified atom stereocenters. The predicted molar refractivity (Wildman–Crippen MR) is 390 cm³/mol. The first-order valence-electron chi connectivity index (χ1n) is 38.0. The molecule has 0 fully saturated rings. The van der Waals surface area contributed by atoms with Crippen LogP contribution in [0, 0.1) is 0 Å². The Hall–Kier alpha value is -3.07. The van der Waals surface area contributed by atoms with Crippen molar-refractivity contribution in [3.8, 4) is 0 Å². The van der Waals surface area contributed by atoms with Crippen LogP contribution in [0.15, 0.2) is 97.2 Å². The first-order chi connectivity index (χ1) is 44.0. The summed E-state index contributed by atoms with van der Waals surface area (Å²) in [6, 6.07) is 0. The summed E-state index contributed by atoms with van der Waals surface area (Å²) < 4.78 is 34.8. The Morgan fingerprint density at radius 3 is 0.944 bits per heavy atom. The number of phosphoric ester groups is 1. The van der Waals surface area contributed by atoms with Crippen LogP contribution in [-0.2, 0) is 32.7 Å². The number of quaternary nitrogens is 1. The first-order valence-corrected chi connectivity index (χ1v) is 39.5. The minimum atomic E-state index is -4.40. The molecule has 2 atom stereocenters. The lowest BCUT2D eigenvalue weighted by Crippen LogP contribution is -2.37.